The van der Waals surface area contributed by atoms with Crippen LogP contribution in [0.25, 0.3) is 0 Å². The van der Waals surface area contributed by atoms with Crippen LogP contribution in [-0.2, 0) is 0 Å². The van der Waals surface area contributed by atoms with Gasteiger partial charge in [0, 0.05) is 0 Å². The first kappa shape index (κ1) is 10.9. The summed E-state index contributed by atoms with van der Waals surface area (Å²) in [5, 5.41) is 0. The summed E-state index contributed by atoms with van der Waals surface area (Å²) in [6, 6.07) is 0. The molecule has 0 aromatic rings. The molecule has 0 fully saturated rings. The van der Waals surface area contributed by atoms with Crippen molar-refractivity contribution in [3.8, 4) is 0 Å². The molecule has 0 aliphatic heterocycles. The van der Waals surface area contributed by atoms with E-state index in [2.05, 4.69) is 40.5 Å². The quantitative estimate of drug-likeness (QED) is 0.582. The van der Waals surface area contributed by atoms with Crippen molar-refractivity contribution in [2.45, 2.75) is 25.2 Å². The van der Waals surface area contributed by atoms with Gasteiger partial charge in [-0.25, -0.2) is 0 Å². The third kappa shape index (κ3) is 3.31. The van der Waals surface area contributed by atoms with E-state index in [0.717, 1.165) is 11.3 Å². The Morgan fingerprint density at radius 2 is 0.900 bits per heavy atom. The van der Waals surface area contributed by atoms with Gasteiger partial charge in [-0.3, -0.25) is 0 Å². The molecule has 0 saturated heterocycles. The van der Waals surface area contributed by atoms with Crippen LogP contribution in [0.1, 0.15) is 13.8 Å². The second kappa shape index (κ2) is 4.68. The molecule has 0 nitrogen and oxygen atoms in total. The Balaban J connectivity index is 3.81. The summed E-state index contributed by atoms with van der Waals surface area (Å²) in [6.45, 7) is 14.3. The van der Waals surface area contributed by atoms with Gasteiger partial charge in [0.15, 0.2) is 0 Å². The van der Waals surface area contributed by atoms with E-state index in [1.165, 1.54) is 0 Å². The van der Waals surface area contributed by atoms with Gasteiger partial charge < -0.3 is 0 Å². The second-order valence-corrected chi connectivity index (χ2v) is 8.89. The fourth-order valence-corrected chi connectivity index (χ4v) is 4.19. The number of hydrogen-bond donors (Lipinski definition) is 0. The Labute approximate surface area is 68.3 Å². The lowest BCUT2D eigenvalue weighted by Gasteiger charge is -2.27. The van der Waals surface area contributed by atoms with Crippen molar-refractivity contribution >= 4 is 15.8 Å². The maximum Gasteiger partial charge on any atom is -0.0178 e. The minimum absolute atomic E-state index is 0.283. The highest BCUT2D eigenvalue weighted by Crippen LogP contribution is 2.45. The molecule has 0 aromatic heterocycles. The highest BCUT2D eigenvalue weighted by atomic mass is 31.1. The van der Waals surface area contributed by atoms with E-state index >= 15 is 0 Å². The molecule has 0 spiro atoms. The summed E-state index contributed by atoms with van der Waals surface area (Å²) in [5.74, 6) is 0. The van der Waals surface area contributed by atoms with Crippen LogP contribution >= 0.6 is 15.8 Å². The highest BCUT2D eigenvalue weighted by Gasteiger charge is 2.17. The third-order valence-corrected chi connectivity index (χ3v) is 6.72. The van der Waals surface area contributed by atoms with Gasteiger partial charge in [0.05, 0.1) is 0 Å². The van der Waals surface area contributed by atoms with Crippen LogP contribution < -0.4 is 0 Å². The number of rotatable bonds is 3. The first-order chi connectivity index (χ1) is 4.46. The van der Waals surface area contributed by atoms with Gasteiger partial charge in [-0.15, -0.1) is 15.8 Å². The summed E-state index contributed by atoms with van der Waals surface area (Å²) in [4.78, 5) is 0. The van der Waals surface area contributed by atoms with Gasteiger partial charge in [-0.05, 0) is 38.0 Å². The van der Waals surface area contributed by atoms with Gasteiger partial charge in [0.25, 0.3) is 0 Å². The van der Waals surface area contributed by atoms with Crippen molar-refractivity contribution in [1.29, 1.82) is 0 Å². The van der Waals surface area contributed by atoms with Crippen molar-refractivity contribution in [2.75, 3.05) is 26.7 Å². The first-order valence-electron chi connectivity index (χ1n) is 3.79. The smallest absolute Gasteiger partial charge is 0.0178 e. The topological polar surface area (TPSA) is 0 Å². The van der Waals surface area contributed by atoms with E-state index in [-0.39, 0.29) is 15.8 Å². The lowest BCUT2D eigenvalue weighted by Crippen LogP contribution is -2.15. The molecule has 0 aliphatic carbocycles. The molecular formula is C8H20P2. The molecule has 0 aliphatic rings. The molecule has 0 bridgehead atoms. The summed E-state index contributed by atoms with van der Waals surface area (Å²) in [5.41, 5.74) is 1.91. The van der Waals surface area contributed by atoms with Crippen molar-refractivity contribution in [3.63, 3.8) is 0 Å². The maximum atomic E-state index is 2.40. The molecule has 62 valence electrons. The van der Waals surface area contributed by atoms with Gasteiger partial charge in [0.2, 0.25) is 0 Å². The highest BCUT2D eigenvalue weighted by molar-refractivity contribution is 7.61. The number of hydrogen-bond acceptors (Lipinski definition) is 0. The average Bonchev–Trinajstić information content (AvgIpc) is 1.84. The first-order valence-corrected chi connectivity index (χ1v) is 8.40. The molecule has 0 aromatic carbocycles. The molecule has 0 radical (unpaired) electrons. The van der Waals surface area contributed by atoms with Gasteiger partial charge in [-0.2, -0.15) is 0 Å². The minimum Gasteiger partial charge on any atom is -0.110 e. The zero-order chi connectivity index (χ0) is 8.31. The lowest BCUT2D eigenvalue weighted by molar-refractivity contribution is 0.904. The zero-order valence-electron chi connectivity index (χ0n) is 8.05. The standard InChI is InChI=1S/C8H20P2/c1-7(9(3)4)8(2)10(5)6/h7-8H,1-6H3. The monoisotopic (exact) mass is 178 g/mol. The molecular weight excluding hydrogens is 158 g/mol. The molecule has 0 amide bonds. The van der Waals surface area contributed by atoms with Crippen LogP contribution in [0.3, 0.4) is 0 Å². The molecule has 0 saturated carbocycles. The Kier molecular flexibility index (Phi) is 5.08. The van der Waals surface area contributed by atoms with E-state index < -0.39 is 0 Å². The predicted molar refractivity (Wildman–Crippen MR) is 56.5 cm³/mol. The second-order valence-electron chi connectivity index (χ2n) is 3.41. The minimum atomic E-state index is 0.283. The fourth-order valence-electron chi connectivity index (χ4n) is 0.863. The molecule has 2 unspecified atom stereocenters. The van der Waals surface area contributed by atoms with Crippen molar-refractivity contribution in [2.24, 2.45) is 0 Å². The van der Waals surface area contributed by atoms with E-state index in [4.69, 9.17) is 0 Å². The van der Waals surface area contributed by atoms with Crippen LogP contribution in [0, 0.1) is 0 Å². The average molecular weight is 178 g/mol. The van der Waals surface area contributed by atoms with Gasteiger partial charge in [-0.1, -0.05) is 13.8 Å². The Morgan fingerprint density at radius 3 is 1.00 bits per heavy atom. The zero-order valence-corrected chi connectivity index (χ0v) is 9.84. The van der Waals surface area contributed by atoms with Crippen LogP contribution in [0.5, 0.6) is 0 Å². The van der Waals surface area contributed by atoms with Crippen LogP contribution in [0.4, 0.5) is 0 Å². The SMILES string of the molecule is CC(C(C)P(C)C)P(C)C. The molecule has 0 rings (SSSR count). The third-order valence-electron chi connectivity index (χ3n) is 2.33. The van der Waals surface area contributed by atoms with Crippen LogP contribution in [-0.4, -0.2) is 38.0 Å². The normalized spacial score (nSPS) is 18.0. The molecule has 0 N–H and O–H groups in total. The van der Waals surface area contributed by atoms with E-state index in [1.807, 2.05) is 0 Å². The summed E-state index contributed by atoms with van der Waals surface area (Å²) in [6.07, 6.45) is 0. The largest absolute Gasteiger partial charge is 0.110 e. The van der Waals surface area contributed by atoms with Crippen molar-refractivity contribution < 1.29 is 0 Å². The van der Waals surface area contributed by atoms with Gasteiger partial charge >= 0.3 is 0 Å². The van der Waals surface area contributed by atoms with E-state index in [1.54, 1.807) is 0 Å². The Morgan fingerprint density at radius 1 is 0.700 bits per heavy atom. The van der Waals surface area contributed by atoms with Crippen LogP contribution in [0.2, 0.25) is 0 Å². The summed E-state index contributed by atoms with van der Waals surface area (Å²) >= 11 is 0. The molecule has 0 heterocycles. The van der Waals surface area contributed by atoms with E-state index in [0.29, 0.717) is 0 Å². The summed E-state index contributed by atoms with van der Waals surface area (Å²) < 4.78 is 0. The molecule has 2 atom stereocenters. The predicted octanol–water partition coefficient (Wildman–Crippen LogP) is 3.25. The fraction of sp³-hybridized carbons (Fsp3) is 1.00. The molecule has 2 heteroatoms. The van der Waals surface area contributed by atoms with Crippen LogP contribution in [0.15, 0.2) is 0 Å². The Hall–Kier alpha value is 0.860. The summed E-state index contributed by atoms with van der Waals surface area (Å²) in [7, 11) is 0.565. The Bertz CT molecular complexity index is 77.3. The molecule has 10 heavy (non-hydrogen) atoms. The van der Waals surface area contributed by atoms with Gasteiger partial charge in [0.1, 0.15) is 0 Å². The lowest BCUT2D eigenvalue weighted by atomic mass is 10.4. The maximum absolute atomic E-state index is 2.40. The van der Waals surface area contributed by atoms with Crippen molar-refractivity contribution in [3.05, 3.63) is 0 Å². The van der Waals surface area contributed by atoms with E-state index in [9.17, 15) is 0 Å². The van der Waals surface area contributed by atoms with Crippen molar-refractivity contribution in [1.82, 2.24) is 0 Å².